The molecule has 0 aliphatic heterocycles. The maximum atomic E-state index is 3.43. The van der Waals surface area contributed by atoms with Gasteiger partial charge in [-0.25, -0.2) is 0 Å². The van der Waals surface area contributed by atoms with Gasteiger partial charge in [-0.1, -0.05) is 26.0 Å². The van der Waals surface area contributed by atoms with Crippen molar-refractivity contribution in [2.75, 3.05) is 12.8 Å². The third-order valence-electron chi connectivity index (χ3n) is 2.04. The Morgan fingerprint density at radius 3 is 2.36 bits per heavy atom. The van der Waals surface area contributed by atoms with Crippen LogP contribution in [0.5, 0.6) is 0 Å². The van der Waals surface area contributed by atoms with Gasteiger partial charge in [0, 0.05) is 11.4 Å². The van der Waals surface area contributed by atoms with E-state index < -0.39 is 0 Å². The highest BCUT2D eigenvalue weighted by molar-refractivity contribution is 7.98. The number of hydrogen-bond donors (Lipinski definition) is 1. The SMILES string of the molecule is CSc1ccc(CNCC(C)C)cc1. The minimum Gasteiger partial charge on any atom is -0.312 e. The van der Waals surface area contributed by atoms with Gasteiger partial charge in [0.1, 0.15) is 0 Å². The number of hydrogen-bond acceptors (Lipinski definition) is 2. The zero-order valence-corrected chi connectivity index (χ0v) is 10.0. The Bertz CT molecular complexity index is 254. The summed E-state index contributed by atoms with van der Waals surface area (Å²) in [6, 6.07) is 8.74. The highest BCUT2D eigenvalue weighted by Crippen LogP contribution is 2.14. The summed E-state index contributed by atoms with van der Waals surface area (Å²) in [5, 5.41) is 3.43. The first-order valence-corrected chi connectivity index (χ1v) is 6.28. The Balaban J connectivity index is 2.36. The Morgan fingerprint density at radius 2 is 1.86 bits per heavy atom. The summed E-state index contributed by atoms with van der Waals surface area (Å²) in [6.07, 6.45) is 2.10. The smallest absolute Gasteiger partial charge is 0.0205 e. The van der Waals surface area contributed by atoms with E-state index in [0.29, 0.717) is 0 Å². The zero-order valence-electron chi connectivity index (χ0n) is 9.21. The fraction of sp³-hybridized carbons (Fsp3) is 0.500. The van der Waals surface area contributed by atoms with Gasteiger partial charge in [-0.15, -0.1) is 11.8 Å². The van der Waals surface area contributed by atoms with Gasteiger partial charge in [0.05, 0.1) is 0 Å². The lowest BCUT2D eigenvalue weighted by molar-refractivity contribution is 0.552. The van der Waals surface area contributed by atoms with Crippen molar-refractivity contribution in [2.24, 2.45) is 5.92 Å². The second-order valence-electron chi connectivity index (χ2n) is 3.87. The maximum Gasteiger partial charge on any atom is 0.0205 e. The predicted molar refractivity (Wildman–Crippen MR) is 64.8 cm³/mol. The van der Waals surface area contributed by atoms with E-state index in [1.54, 1.807) is 11.8 Å². The van der Waals surface area contributed by atoms with Crippen LogP contribution in [0.15, 0.2) is 29.2 Å². The Morgan fingerprint density at radius 1 is 1.21 bits per heavy atom. The van der Waals surface area contributed by atoms with Gasteiger partial charge in [0.15, 0.2) is 0 Å². The van der Waals surface area contributed by atoms with E-state index in [1.807, 2.05) is 0 Å². The molecule has 0 saturated heterocycles. The minimum atomic E-state index is 0.723. The first kappa shape index (κ1) is 11.6. The first-order chi connectivity index (χ1) is 6.72. The lowest BCUT2D eigenvalue weighted by Crippen LogP contribution is -2.18. The highest BCUT2D eigenvalue weighted by Gasteiger charge is 1.95. The van der Waals surface area contributed by atoms with Gasteiger partial charge < -0.3 is 5.32 Å². The van der Waals surface area contributed by atoms with Crippen molar-refractivity contribution in [1.82, 2.24) is 5.32 Å². The molecule has 0 spiro atoms. The topological polar surface area (TPSA) is 12.0 Å². The van der Waals surface area contributed by atoms with E-state index in [0.717, 1.165) is 19.0 Å². The van der Waals surface area contributed by atoms with Crippen molar-refractivity contribution in [3.8, 4) is 0 Å². The molecule has 78 valence electrons. The van der Waals surface area contributed by atoms with E-state index in [9.17, 15) is 0 Å². The summed E-state index contributed by atoms with van der Waals surface area (Å²) in [4.78, 5) is 1.33. The number of thioether (sulfide) groups is 1. The molecule has 1 N–H and O–H groups in total. The summed E-state index contributed by atoms with van der Waals surface area (Å²) in [7, 11) is 0. The number of benzene rings is 1. The van der Waals surface area contributed by atoms with Gasteiger partial charge in [-0.2, -0.15) is 0 Å². The molecule has 0 saturated carbocycles. The molecule has 14 heavy (non-hydrogen) atoms. The molecule has 0 radical (unpaired) electrons. The Kier molecular flexibility index (Phi) is 5.05. The van der Waals surface area contributed by atoms with E-state index in [1.165, 1.54) is 10.5 Å². The molecule has 1 nitrogen and oxygen atoms in total. The Hall–Kier alpha value is -0.470. The van der Waals surface area contributed by atoms with Crippen LogP contribution in [0.1, 0.15) is 19.4 Å². The van der Waals surface area contributed by atoms with Crippen molar-refractivity contribution in [3.63, 3.8) is 0 Å². The van der Waals surface area contributed by atoms with Crippen LogP contribution in [0.4, 0.5) is 0 Å². The van der Waals surface area contributed by atoms with Crippen LogP contribution in [0.2, 0.25) is 0 Å². The summed E-state index contributed by atoms with van der Waals surface area (Å²) in [5.74, 6) is 0.723. The molecular formula is C12H19NS. The summed E-state index contributed by atoms with van der Waals surface area (Å²) < 4.78 is 0. The monoisotopic (exact) mass is 209 g/mol. The molecule has 0 aliphatic rings. The standard InChI is InChI=1S/C12H19NS/c1-10(2)8-13-9-11-4-6-12(14-3)7-5-11/h4-7,10,13H,8-9H2,1-3H3. The van der Waals surface area contributed by atoms with Crippen LogP contribution in [0.3, 0.4) is 0 Å². The van der Waals surface area contributed by atoms with Crippen LogP contribution in [-0.2, 0) is 6.54 Å². The van der Waals surface area contributed by atoms with Crippen molar-refractivity contribution in [2.45, 2.75) is 25.3 Å². The molecule has 0 unspecified atom stereocenters. The van der Waals surface area contributed by atoms with Crippen LogP contribution in [-0.4, -0.2) is 12.8 Å². The van der Waals surface area contributed by atoms with Gasteiger partial charge in [-0.05, 0) is 36.4 Å². The fourth-order valence-corrected chi connectivity index (χ4v) is 1.66. The summed E-state index contributed by atoms with van der Waals surface area (Å²) >= 11 is 1.79. The summed E-state index contributed by atoms with van der Waals surface area (Å²) in [5.41, 5.74) is 1.36. The van der Waals surface area contributed by atoms with E-state index in [4.69, 9.17) is 0 Å². The van der Waals surface area contributed by atoms with Gasteiger partial charge >= 0.3 is 0 Å². The number of nitrogens with one attached hydrogen (secondary N) is 1. The highest BCUT2D eigenvalue weighted by atomic mass is 32.2. The van der Waals surface area contributed by atoms with E-state index in [-0.39, 0.29) is 0 Å². The average Bonchev–Trinajstić information content (AvgIpc) is 2.18. The van der Waals surface area contributed by atoms with Crippen molar-refractivity contribution >= 4 is 11.8 Å². The van der Waals surface area contributed by atoms with E-state index in [2.05, 4.69) is 49.7 Å². The molecule has 0 amide bonds. The van der Waals surface area contributed by atoms with Crippen LogP contribution < -0.4 is 5.32 Å². The van der Waals surface area contributed by atoms with Crippen LogP contribution in [0, 0.1) is 5.92 Å². The Labute approximate surface area is 91.3 Å². The molecule has 1 aromatic carbocycles. The molecule has 2 heteroatoms. The molecule has 0 atom stereocenters. The van der Waals surface area contributed by atoms with Crippen molar-refractivity contribution < 1.29 is 0 Å². The lowest BCUT2D eigenvalue weighted by atomic mass is 10.2. The lowest BCUT2D eigenvalue weighted by Gasteiger charge is -2.07. The van der Waals surface area contributed by atoms with Gasteiger partial charge in [-0.3, -0.25) is 0 Å². The first-order valence-electron chi connectivity index (χ1n) is 5.06. The third-order valence-corrected chi connectivity index (χ3v) is 2.78. The molecule has 1 aromatic rings. The van der Waals surface area contributed by atoms with Crippen molar-refractivity contribution in [3.05, 3.63) is 29.8 Å². The molecule has 0 heterocycles. The molecular weight excluding hydrogens is 190 g/mol. The summed E-state index contributed by atoms with van der Waals surface area (Å²) in [6.45, 7) is 6.52. The molecule has 0 aromatic heterocycles. The maximum absolute atomic E-state index is 3.43. The predicted octanol–water partition coefficient (Wildman–Crippen LogP) is 3.15. The third kappa shape index (κ3) is 4.16. The average molecular weight is 209 g/mol. The quantitative estimate of drug-likeness (QED) is 0.748. The van der Waals surface area contributed by atoms with E-state index >= 15 is 0 Å². The molecule has 0 bridgehead atoms. The molecule has 0 aliphatic carbocycles. The van der Waals surface area contributed by atoms with Crippen LogP contribution in [0.25, 0.3) is 0 Å². The largest absolute Gasteiger partial charge is 0.312 e. The second-order valence-corrected chi connectivity index (χ2v) is 4.75. The fourth-order valence-electron chi connectivity index (χ4n) is 1.25. The molecule has 0 fully saturated rings. The zero-order chi connectivity index (χ0) is 10.4. The van der Waals surface area contributed by atoms with Crippen molar-refractivity contribution in [1.29, 1.82) is 0 Å². The normalized spacial score (nSPS) is 10.9. The van der Waals surface area contributed by atoms with Gasteiger partial charge in [0.25, 0.3) is 0 Å². The number of rotatable bonds is 5. The molecule has 1 rings (SSSR count). The minimum absolute atomic E-state index is 0.723. The van der Waals surface area contributed by atoms with Crippen LogP contribution >= 0.6 is 11.8 Å². The second kappa shape index (κ2) is 6.10. The van der Waals surface area contributed by atoms with Gasteiger partial charge in [0.2, 0.25) is 0 Å².